The molecule has 0 saturated heterocycles. The molecule has 6 nitrogen and oxygen atoms in total. The van der Waals surface area contributed by atoms with Crippen LogP contribution >= 0.6 is 0 Å². The lowest BCUT2D eigenvalue weighted by atomic mass is 9.92. The average molecular weight is 393 g/mol. The number of nitrogens with zero attached hydrogens (tertiary/aromatic N) is 3. The summed E-state index contributed by atoms with van der Waals surface area (Å²) in [5.74, 6) is 1.87. The number of aromatic nitrogens is 2. The molecule has 0 aliphatic carbocycles. The van der Waals surface area contributed by atoms with Gasteiger partial charge in [-0.15, -0.1) is 0 Å². The minimum atomic E-state index is -0.0547. The Balaban J connectivity index is 1.68. The van der Waals surface area contributed by atoms with Crippen molar-refractivity contribution in [2.24, 2.45) is 5.41 Å². The van der Waals surface area contributed by atoms with E-state index in [0.29, 0.717) is 30.2 Å². The highest BCUT2D eigenvalue weighted by atomic mass is 16.5. The molecule has 6 heteroatoms. The molecule has 0 fully saturated rings. The minimum absolute atomic E-state index is 0.0547. The Hall–Kier alpha value is -3.15. The predicted octanol–water partition coefficient (Wildman–Crippen LogP) is 4.61. The van der Waals surface area contributed by atoms with Crippen LogP contribution in [0, 0.1) is 5.41 Å². The average Bonchev–Trinajstić information content (AvgIpc) is 3.14. The van der Waals surface area contributed by atoms with E-state index in [1.54, 1.807) is 31.2 Å². The van der Waals surface area contributed by atoms with Crippen molar-refractivity contribution >= 4 is 5.91 Å². The number of ether oxygens (including phenoxy) is 1. The van der Waals surface area contributed by atoms with Gasteiger partial charge in [0.2, 0.25) is 11.7 Å². The molecular weight excluding hydrogens is 366 g/mol. The predicted molar refractivity (Wildman–Crippen MR) is 112 cm³/mol. The highest BCUT2D eigenvalue weighted by Crippen LogP contribution is 2.23. The maximum atomic E-state index is 12.8. The molecule has 2 aromatic carbocycles. The maximum Gasteiger partial charge on any atom is 0.253 e. The molecule has 1 amide bonds. The van der Waals surface area contributed by atoms with E-state index < -0.39 is 0 Å². The summed E-state index contributed by atoms with van der Waals surface area (Å²) in [6, 6.07) is 15.0. The molecule has 0 aliphatic rings. The standard InChI is InChI=1S/C23H27N3O3/c1-23(2,3)14-20-24-21(25-29-20)17-9-11-18(12-10-17)22(27)26(4)15-16-7-6-8-19(13-16)28-5/h6-13H,14-15H2,1-5H3. The number of benzene rings is 2. The van der Waals surface area contributed by atoms with Gasteiger partial charge < -0.3 is 14.2 Å². The number of carbonyl (C=O) groups is 1. The van der Waals surface area contributed by atoms with Crippen molar-refractivity contribution in [2.45, 2.75) is 33.7 Å². The summed E-state index contributed by atoms with van der Waals surface area (Å²) in [7, 11) is 3.42. The summed E-state index contributed by atoms with van der Waals surface area (Å²) in [5.41, 5.74) is 2.52. The van der Waals surface area contributed by atoms with E-state index in [1.165, 1.54) is 0 Å². The lowest BCUT2D eigenvalue weighted by molar-refractivity contribution is 0.0785. The zero-order chi connectivity index (χ0) is 21.0. The molecule has 3 aromatic rings. The van der Waals surface area contributed by atoms with E-state index in [2.05, 4.69) is 30.9 Å². The second-order valence-electron chi connectivity index (χ2n) is 8.34. The molecular formula is C23H27N3O3. The van der Waals surface area contributed by atoms with Crippen LogP contribution in [0.4, 0.5) is 0 Å². The molecule has 3 rings (SSSR count). The van der Waals surface area contributed by atoms with Gasteiger partial charge in [0, 0.05) is 31.1 Å². The zero-order valence-electron chi connectivity index (χ0n) is 17.6. The van der Waals surface area contributed by atoms with E-state index in [-0.39, 0.29) is 11.3 Å². The van der Waals surface area contributed by atoms with Crippen LogP contribution in [0.5, 0.6) is 5.75 Å². The summed E-state index contributed by atoms with van der Waals surface area (Å²) >= 11 is 0. The third kappa shape index (κ3) is 5.44. The molecule has 1 heterocycles. The van der Waals surface area contributed by atoms with Gasteiger partial charge in [0.25, 0.3) is 5.91 Å². The van der Waals surface area contributed by atoms with Gasteiger partial charge in [-0.25, -0.2) is 0 Å². The van der Waals surface area contributed by atoms with Crippen LogP contribution < -0.4 is 4.74 Å². The molecule has 0 atom stereocenters. The van der Waals surface area contributed by atoms with E-state index in [0.717, 1.165) is 16.9 Å². The molecule has 0 radical (unpaired) electrons. The summed E-state index contributed by atoms with van der Waals surface area (Å²) < 4.78 is 10.6. The van der Waals surface area contributed by atoms with Crippen LogP contribution in [0.2, 0.25) is 0 Å². The van der Waals surface area contributed by atoms with Crippen molar-refractivity contribution in [3.8, 4) is 17.1 Å². The Bertz CT molecular complexity index is 972. The molecule has 29 heavy (non-hydrogen) atoms. The van der Waals surface area contributed by atoms with Gasteiger partial charge >= 0.3 is 0 Å². The Kier molecular flexibility index (Phi) is 6.01. The van der Waals surface area contributed by atoms with Crippen molar-refractivity contribution < 1.29 is 14.1 Å². The van der Waals surface area contributed by atoms with Crippen molar-refractivity contribution in [3.05, 3.63) is 65.5 Å². The van der Waals surface area contributed by atoms with Crippen LogP contribution in [0.15, 0.2) is 53.1 Å². The van der Waals surface area contributed by atoms with Gasteiger partial charge in [0.15, 0.2) is 0 Å². The van der Waals surface area contributed by atoms with Gasteiger partial charge in [0.05, 0.1) is 7.11 Å². The second kappa shape index (κ2) is 8.47. The van der Waals surface area contributed by atoms with Crippen molar-refractivity contribution in [1.29, 1.82) is 0 Å². The molecule has 0 saturated carbocycles. The van der Waals surface area contributed by atoms with E-state index in [1.807, 2.05) is 36.4 Å². The fourth-order valence-corrected chi connectivity index (χ4v) is 3.00. The van der Waals surface area contributed by atoms with Crippen molar-refractivity contribution in [2.75, 3.05) is 14.2 Å². The molecule has 0 aliphatic heterocycles. The summed E-state index contributed by atoms with van der Waals surface area (Å²) in [6.45, 7) is 6.87. The highest BCUT2D eigenvalue weighted by Gasteiger charge is 2.18. The molecule has 0 unspecified atom stereocenters. The first-order valence-corrected chi connectivity index (χ1v) is 9.56. The van der Waals surface area contributed by atoms with Gasteiger partial charge in [-0.3, -0.25) is 4.79 Å². The van der Waals surface area contributed by atoms with Crippen LogP contribution in [-0.2, 0) is 13.0 Å². The summed E-state index contributed by atoms with van der Waals surface area (Å²) in [5, 5.41) is 4.06. The SMILES string of the molecule is COc1cccc(CN(C)C(=O)c2ccc(-c3noc(CC(C)(C)C)n3)cc2)c1. The molecule has 1 aromatic heterocycles. The topological polar surface area (TPSA) is 68.5 Å². The lowest BCUT2D eigenvalue weighted by Crippen LogP contribution is -2.26. The van der Waals surface area contributed by atoms with Crippen LogP contribution in [0.25, 0.3) is 11.4 Å². The summed E-state index contributed by atoms with van der Waals surface area (Å²) in [4.78, 5) is 18.9. The van der Waals surface area contributed by atoms with Gasteiger partial charge in [-0.05, 0) is 35.2 Å². The number of amides is 1. The number of methoxy groups -OCH3 is 1. The molecule has 152 valence electrons. The van der Waals surface area contributed by atoms with E-state index >= 15 is 0 Å². The summed E-state index contributed by atoms with van der Waals surface area (Å²) in [6.07, 6.45) is 0.714. The Morgan fingerprint density at radius 3 is 2.52 bits per heavy atom. The third-order valence-corrected chi connectivity index (χ3v) is 4.44. The number of rotatable bonds is 6. The maximum absolute atomic E-state index is 12.8. The minimum Gasteiger partial charge on any atom is -0.497 e. The Labute approximate surface area is 171 Å². The first kappa shape index (κ1) is 20.6. The number of carbonyl (C=O) groups excluding carboxylic acids is 1. The van der Waals surface area contributed by atoms with Gasteiger partial charge in [0.1, 0.15) is 5.75 Å². The Morgan fingerprint density at radius 1 is 1.14 bits per heavy atom. The fraction of sp³-hybridized carbons (Fsp3) is 0.348. The highest BCUT2D eigenvalue weighted by molar-refractivity contribution is 5.94. The van der Waals surface area contributed by atoms with Crippen molar-refractivity contribution in [1.82, 2.24) is 15.0 Å². The quantitative estimate of drug-likeness (QED) is 0.612. The molecule has 0 bridgehead atoms. The van der Waals surface area contributed by atoms with Crippen LogP contribution in [-0.4, -0.2) is 35.1 Å². The monoisotopic (exact) mass is 393 g/mol. The molecule has 0 spiro atoms. The molecule has 0 N–H and O–H groups in total. The number of hydrogen-bond acceptors (Lipinski definition) is 5. The van der Waals surface area contributed by atoms with E-state index in [4.69, 9.17) is 9.26 Å². The second-order valence-corrected chi connectivity index (χ2v) is 8.34. The first-order valence-electron chi connectivity index (χ1n) is 9.56. The Morgan fingerprint density at radius 2 is 1.86 bits per heavy atom. The van der Waals surface area contributed by atoms with Crippen molar-refractivity contribution in [3.63, 3.8) is 0 Å². The van der Waals surface area contributed by atoms with Gasteiger partial charge in [-0.2, -0.15) is 4.98 Å². The van der Waals surface area contributed by atoms with Crippen LogP contribution in [0.1, 0.15) is 42.6 Å². The van der Waals surface area contributed by atoms with Crippen LogP contribution in [0.3, 0.4) is 0 Å². The lowest BCUT2D eigenvalue weighted by Gasteiger charge is -2.18. The van der Waals surface area contributed by atoms with E-state index in [9.17, 15) is 4.79 Å². The number of hydrogen-bond donors (Lipinski definition) is 0. The largest absolute Gasteiger partial charge is 0.497 e. The first-order chi connectivity index (χ1) is 13.7. The smallest absolute Gasteiger partial charge is 0.253 e. The fourth-order valence-electron chi connectivity index (χ4n) is 3.00. The normalized spacial score (nSPS) is 11.3. The van der Waals surface area contributed by atoms with Gasteiger partial charge in [-0.1, -0.05) is 50.2 Å². The third-order valence-electron chi connectivity index (χ3n) is 4.44. The zero-order valence-corrected chi connectivity index (χ0v) is 17.6.